The summed E-state index contributed by atoms with van der Waals surface area (Å²) in [6, 6.07) is 6.35. The van der Waals surface area contributed by atoms with Crippen LogP contribution in [0.3, 0.4) is 0 Å². The van der Waals surface area contributed by atoms with Gasteiger partial charge < -0.3 is 10.6 Å². The van der Waals surface area contributed by atoms with Gasteiger partial charge in [-0.05, 0) is 48.5 Å². The summed E-state index contributed by atoms with van der Waals surface area (Å²) in [7, 11) is -9.96. The fourth-order valence-electron chi connectivity index (χ4n) is 3.70. The lowest BCUT2D eigenvalue weighted by atomic mass is 9.94. The molecule has 2 atom stereocenters. The predicted octanol–water partition coefficient (Wildman–Crippen LogP) is 3.15. The number of hydrogen-bond acceptors (Lipinski definition) is 6. The maximum Gasteiger partial charge on any atom is 0.413 e. The first-order chi connectivity index (χ1) is 17.1. The second-order valence-corrected chi connectivity index (χ2v) is 11.9. The second-order valence-electron chi connectivity index (χ2n) is 8.05. The SMILES string of the molecule is CC(=O)Nc1ccc(S(=O)(=O)NC2C=CC=CC2(C(F)(F)F)S(=O)(=O)c2ccc(NC(C)=O)cc2)cc1. The Hall–Kier alpha value is -3.49. The van der Waals surface area contributed by atoms with Crippen LogP contribution in [0.5, 0.6) is 0 Å². The molecule has 1 aliphatic carbocycles. The normalized spacial score (nSPS) is 19.9. The van der Waals surface area contributed by atoms with Gasteiger partial charge in [-0.25, -0.2) is 21.6 Å². The molecule has 0 aromatic heterocycles. The fraction of sp³-hybridized carbons (Fsp3) is 0.217. The molecule has 2 amide bonds. The summed E-state index contributed by atoms with van der Waals surface area (Å²) in [4.78, 5) is 21.2. The van der Waals surface area contributed by atoms with Gasteiger partial charge in [0.25, 0.3) is 0 Å². The topological polar surface area (TPSA) is 139 Å². The van der Waals surface area contributed by atoms with E-state index in [-0.39, 0.29) is 11.4 Å². The Balaban J connectivity index is 2.06. The third-order valence-electron chi connectivity index (χ3n) is 5.36. The highest BCUT2D eigenvalue weighted by Gasteiger charge is 2.67. The molecule has 1 aliphatic rings. The Bertz CT molecular complexity index is 1470. The van der Waals surface area contributed by atoms with Crippen LogP contribution < -0.4 is 15.4 Å². The van der Waals surface area contributed by atoms with Crippen LogP contribution in [0.1, 0.15) is 13.8 Å². The molecule has 2 aromatic rings. The summed E-state index contributed by atoms with van der Waals surface area (Å²) in [5.41, 5.74) is 0.411. The van der Waals surface area contributed by atoms with Crippen molar-refractivity contribution in [3.05, 3.63) is 72.8 Å². The highest BCUT2D eigenvalue weighted by Crippen LogP contribution is 2.46. The van der Waals surface area contributed by atoms with E-state index in [1.54, 1.807) is 0 Å². The van der Waals surface area contributed by atoms with E-state index in [4.69, 9.17) is 0 Å². The van der Waals surface area contributed by atoms with Gasteiger partial charge in [0.2, 0.25) is 26.6 Å². The lowest BCUT2D eigenvalue weighted by Crippen LogP contribution is -2.63. The first-order valence-electron chi connectivity index (χ1n) is 10.6. The number of hydrogen-bond donors (Lipinski definition) is 3. The monoisotopic (exact) mass is 557 g/mol. The summed E-state index contributed by atoms with van der Waals surface area (Å²) in [5.74, 6) is -0.888. The van der Waals surface area contributed by atoms with Crippen molar-refractivity contribution in [1.29, 1.82) is 0 Å². The zero-order valence-electron chi connectivity index (χ0n) is 19.4. The number of halogens is 3. The lowest BCUT2D eigenvalue weighted by Gasteiger charge is -2.39. The van der Waals surface area contributed by atoms with Gasteiger partial charge in [0.05, 0.1) is 15.8 Å². The summed E-state index contributed by atoms with van der Waals surface area (Å²) in [6.45, 7) is 2.44. The summed E-state index contributed by atoms with van der Waals surface area (Å²) in [6.07, 6.45) is -2.26. The van der Waals surface area contributed by atoms with E-state index in [1.807, 2.05) is 4.72 Å². The highest BCUT2D eigenvalue weighted by molar-refractivity contribution is 7.93. The summed E-state index contributed by atoms with van der Waals surface area (Å²) in [5, 5.41) is 4.80. The molecule has 14 heteroatoms. The standard InChI is InChI=1S/C23H22F3N3O6S2/c1-15(30)27-17-6-10-19(11-7-17)36(32,33)22(23(24,25)26)14-4-3-5-21(22)29-37(34,35)20-12-8-18(9-13-20)28-16(2)31/h3-14,21,29H,1-2H3,(H,27,30)(H,28,31). The minimum Gasteiger partial charge on any atom is -0.326 e. The zero-order chi connectivity index (χ0) is 27.6. The van der Waals surface area contributed by atoms with Crippen molar-refractivity contribution in [3.8, 4) is 0 Å². The van der Waals surface area contributed by atoms with E-state index in [2.05, 4.69) is 10.6 Å². The molecular weight excluding hydrogens is 535 g/mol. The van der Waals surface area contributed by atoms with Gasteiger partial charge in [0.15, 0.2) is 9.84 Å². The average molecular weight is 558 g/mol. The van der Waals surface area contributed by atoms with E-state index >= 15 is 0 Å². The van der Waals surface area contributed by atoms with Crippen molar-refractivity contribution in [3.63, 3.8) is 0 Å². The van der Waals surface area contributed by atoms with Crippen LogP contribution in [0, 0.1) is 0 Å². The fourth-order valence-corrected chi connectivity index (χ4v) is 6.92. The third-order valence-corrected chi connectivity index (χ3v) is 9.22. The number of anilines is 2. The molecule has 0 heterocycles. The molecule has 0 bridgehead atoms. The van der Waals surface area contributed by atoms with E-state index in [0.717, 1.165) is 54.6 Å². The Morgan fingerprint density at radius 3 is 1.68 bits per heavy atom. The van der Waals surface area contributed by atoms with Crippen LogP contribution in [0.25, 0.3) is 0 Å². The first kappa shape index (κ1) is 28.1. The number of nitrogens with one attached hydrogen (secondary N) is 3. The van der Waals surface area contributed by atoms with E-state index in [1.165, 1.54) is 26.0 Å². The molecule has 0 saturated carbocycles. The number of rotatable bonds is 7. The van der Waals surface area contributed by atoms with Crippen molar-refractivity contribution in [2.75, 3.05) is 10.6 Å². The van der Waals surface area contributed by atoms with Crippen LogP contribution >= 0.6 is 0 Å². The number of alkyl halides is 3. The average Bonchev–Trinajstić information content (AvgIpc) is 2.78. The van der Waals surface area contributed by atoms with Crippen LogP contribution in [0.2, 0.25) is 0 Å². The molecule has 9 nitrogen and oxygen atoms in total. The van der Waals surface area contributed by atoms with Crippen molar-refractivity contribution >= 4 is 43.0 Å². The third kappa shape index (κ3) is 5.60. The first-order valence-corrected chi connectivity index (χ1v) is 13.5. The van der Waals surface area contributed by atoms with Crippen molar-refractivity contribution in [2.24, 2.45) is 0 Å². The summed E-state index contributed by atoms with van der Waals surface area (Å²) >= 11 is 0. The Kier molecular flexibility index (Phi) is 7.67. The second kappa shape index (κ2) is 10.1. The molecule has 198 valence electrons. The number of sulfone groups is 1. The zero-order valence-corrected chi connectivity index (χ0v) is 21.0. The minimum absolute atomic E-state index is 0.159. The lowest BCUT2D eigenvalue weighted by molar-refractivity contribution is -0.153. The molecule has 0 saturated heterocycles. The predicted molar refractivity (Wildman–Crippen MR) is 130 cm³/mol. The molecule has 2 unspecified atom stereocenters. The molecule has 3 N–H and O–H groups in total. The van der Waals surface area contributed by atoms with Gasteiger partial charge >= 0.3 is 6.18 Å². The number of sulfonamides is 1. The van der Waals surface area contributed by atoms with Crippen LogP contribution in [0.4, 0.5) is 24.5 Å². The van der Waals surface area contributed by atoms with E-state index < -0.39 is 58.4 Å². The Labute approximate surface area is 211 Å². The number of carbonyl (C=O) groups excluding carboxylic acids is 2. The maximum absolute atomic E-state index is 14.6. The largest absolute Gasteiger partial charge is 0.413 e. The number of carbonyl (C=O) groups is 2. The molecule has 3 rings (SSSR count). The molecule has 2 aromatic carbocycles. The number of allylic oxidation sites excluding steroid dienone is 2. The van der Waals surface area contributed by atoms with Gasteiger partial charge in [0.1, 0.15) is 0 Å². The number of benzene rings is 2. The highest BCUT2D eigenvalue weighted by atomic mass is 32.2. The Morgan fingerprint density at radius 2 is 1.24 bits per heavy atom. The van der Waals surface area contributed by atoms with E-state index in [9.17, 15) is 39.6 Å². The van der Waals surface area contributed by atoms with Crippen molar-refractivity contribution < 1.29 is 39.6 Å². The molecule has 0 aliphatic heterocycles. The number of amides is 2. The Morgan fingerprint density at radius 1 is 0.784 bits per heavy atom. The van der Waals surface area contributed by atoms with Crippen molar-refractivity contribution in [1.82, 2.24) is 4.72 Å². The molecule has 0 radical (unpaired) electrons. The molecule has 0 fully saturated rings. The quantitative estimate of drug-likeness (QED) is 0.478. The van der Waals surface area contributed by atoms with E-state index in [0.29, 0.717) is 6.08 Å². The van der Waals surface area contributed by atoms with Crippen molar-refractivity contribution in [2.45, 2.75) is 40.6 Å². The van der Waals surface area contributed by atoms with Gasteiger partial charge in [-0.1, -0.05) is 24.3 Å². The molecule has 0 spiro atoms. The van der Waals surface area contributed by atoms with Gasteiger partial charge in [-0.3, -0.25) is 9.59 Å². The van der Waals surface area contributed by atoms with Crippen LogP contribution in [-0.4, -0.2) is 45.6 Å². The van der Waals surface area contributed by atoms with Gasteiger partial charge in [-0.2, -0.15) is 13.2 Å². The van der Waals surface area contributed by atoms with Crippen LogP contribution in [0.15, 0.2) is 82.6 Å². The smallest absolute Gasteiger partial charge is 0.326 e. The van der Waals surface area contributed by atoms with Gasteiger partial charge in [-0.15, -0.1) is 0 Å². The van der Waals surface area contributed by atoms with Gasteiger partial charge in [0, 0.05) is 25.2 Å². The van der Waals surface area contributed by atoms with Crippen LogP contribution in [-0.2, 0) is 29.4 Å². The maximum atomic E-state index is 14.6. The molecule has 37 heavy (non-hydrogen) atoms. The molecular formula is C23H22F3N3O6S2. The summed E-state index contributed by atoms with van der Waals surface area (Å²) < 4.78 is 95.1. The minimum atomic E-state index is -5.45.